The van der Waals surface area contributed by atoms with Crippen molar-refractivity contribution in [2.75, 3.05) is 31.2 Å². The molecular weight excluding hydrogens is 387 g/mol. The van der Waals surface area contributed by atoms with E-state index < -0.39 is 11.8 Å². The summed E-state index contributed by atoms with van der Waals surface area (Å²) in [5, 5.41) is 0.679. The van der Waals surface area contributed by atoms with E-state index in [0.29, 0.717) is 48.0 Å². The number of rotatable bonds is 2. The standard InChI is InChI=1S/C20H16Cl2N2O3/c21-13-5-6-17(22)18(11-13)24-19(25)15-4-2-1-3-14(15)16(20(24)26)12-23-7-9-27-10-8-23/h1-6,11-12H,7-10H2. The molecule has 0 aliphatic carbocycles. The monoisotopic (exact) mass is 402 g/mol. The third kappa shape index (κ3) is 3.34. The van der Waals surface area contributed by atoms with Gasteiger partial charge >= 0.3 is 0 Å². The number of hydrogen-bond acceptors (Lipinski definition) is 4. The number of carbonyl (C=O) groups excluding carboxylic acids is 2. The van der Waals surface area contributed by atoms with Gasteiger partial charge in [0.15, 0.2) is 0 Å². The summed E-state index contributed by atoms with van der Waals surface area (Å²) >= 11 is 12.4. The number of ether oxygens (including phenoxy) is 1. The first-order valence-corrected chi connectivity index (χ1v) is 9.29. The molecule has 2 aliphatic rings. The van der Waals surface area contributed by atoms with Crippen molar-refractivity contribution in [3.63, 3.8) is 0 Å². The molecule has 2 aliphatic heterocycles. The van der Waals surface area contributed by atoms with Crippen molar-refractivity contribution in [3.8, 4) is 0 Å². The fourth-order valence-corrected chi connectivity index (χ4v) is 3.61. The first-order valence-electron chi connectivity index (χ1n) is 8.53. The third-order valence-electron chi connectivity index (χ3n) is 4.59. The Hall–Kier alpha value is -2.34. The molecule has 2 aromatic rings. The van der Waals surface area contributed by atoms with Gasteiger partial charge in [-0.15, -0.1) is 0 Å². The maximum atomic E-state index is 13.3. The number of halogens is 2. The summed E-state index contributed by atoms with van der Waals surface area (Å²) in [4.78, 5) is 29.5. The number of nitrogens with zero attached hydrogens (tertiary/aromatic N) is 2. The number of anilines is 1. The topological polar surface area (TPSA) is 49.9 Å². The van der Waals surface area contributed by atoms with Gasteiger partial charge in [-0.2, -0.15) is 0 Å². The van der Waals surface area contributed by atoms with Crippen molar-refractivity contribution in [2.45, 2.75) is 0 Å². The smallest absolute Gasteiger partial charge is 0.267 e. The highest BCUT2D eigenvalue weighted by Gasteiger charge is 2.37. The van der Waals surface area contributed by atoms with Gasteiger partial charge in [-0.1, -0.05) is 41.4 Å². The number of amides is 2. The van der Waals surface area contributed by atoms with Crippen LogP contribution in [0.2, 0.25) is 10.0 Å². The van der Waals surface area contributed by atoms with Gasteiger partial charge in [0.1, 0.15) is 0 Å². The van der Waals surface area contributed by atoms with Crippen LogP contribution in [0.15, 0.2) is 48.7 Å². The van der Waals surface area contributed by atoms with Crippen molar-refractivity contribution < 1.29 is 14.3 Å². The minimum absolute atomic E-state index is 0.279. The Morgan fingerprint density at radius 2 is 1.63 bits per heavy atom. The van der Waals surface area contributed by atoms with Crippen LogP contribution >= 0.6 is 23.2 Å². The Labute approximate surface area is 166 Å². The molecule has 0 radical (unpaired) electrons. The summed E-state index contributed by atoms with van der Waals surface area (Å²) in [5.41, 5.74) is 1.80. The Balaban J connectivity index is 1.85. The Morgan fingerprint density at radius 1 is 0.926 bits per heavy atom. The maximum absolute atomic E-state index is 13.3. The summed E-state index contributed by atoms with van der Waals surface area (Å²) in [6, 6.07) is 11.8. The van der Waals surface area contributed by atoms with Crippen LogP contribution in [-0.4, -0.2) is 43.0 Å². The second-order valence-electron chi connectivity index (χ2n) is 6.28. The summed E-state index contributed by atoms with van der Waals surface area (Å²) in [6.07, 6.45) is 1.81. The molecule has 2 aromatic carbocycles. The number of morpholine rings is 1. The highest BCUT2D eigenvalue weighted by Crippen LogP contribution is 2.36. The van der Waals surface area contributed by atoms with Gasteiger partial charge in [0.2, 0.25) is 0 Å². The molecule has 0 unspecified atom stereocenters. The lowest BCUT2D eigenvalue weighted by molar-refractivity contribution is -0.112. The zero-order valence-corrected chi connectivity index (χ0v) is 15.8. The average molecular weight is 403 g/mol. The van der Waals surface area contributed by atoms with E-state index in [0.717, 1.165) is 4.90 Å². The zero-order valence-electron chi connectivity index (χ0n) is 14.3. The molecule has 1 saturated heterocycles. The molecule has 4 rings (SSSR count). The number of fused-ring (bicyclic) bond motifs is 1. The highest BCUT2D eigenvalue weighted by molar-refractivity contribution is 6.44. The molecule has 0 spiro atoms. The Kier molecular flexibility index (Phi) is 4.91. The predicted octanol–water partition coefficient (Wildman–Crippen LogP) is 3.85. The Morgan fingerprint density at radius 3 is 2.37 bits per heavy atom. The molecule has 138 valence electrons. The molecule has 27 heavy (non-hydrogen) atoms. The number of hydrogen-bond donors (Lipinski definition) is 0. The van der Waals surface area contributed by atoms with Crippen LogP contribution in [-0.2, 0) is 9.53 Å². The zero-order chi connectivity index (χ0) is 19.0. The van der Waals surface area contributed by atoms with Gasteiger partial charge < -0.3 is 9.64 Å². The van der Waals surface area contributed by atoms with Crippen LogP contribution in [0.1, 0.15) is 15.9 Å². The second kappa shape index (κ2) is 7.35. The van der Waals surface area contributed by atoms with E-state index in [1.807, 2.05) is 17.2 Å². The molecule has 7 heteroatoms. The van der Waals surface area contributed by atoms with Gasteiger partial charge in [-0.05, 0) is 24.3 Å². The molecule has 5 nitrogen and oxygen atoms in total. The number of benzene rings is 2. The van der Waals surface area contributed by atoms with E-state index in [9.17, 15) is 9.59 Å². The van der Waals surface area contributed by atoms with Gasteiger partial charge in [-0.3, -0.25) is 9.59 Å². The first kappa shape index (κ1) is 18.0. The largest absolute Gasteiger partial charge is 0.378 e. The average Bonchev–Trinajstić information content (AvgIpc) is 2.69. The van der Waals surface area contributed by atoms with Gasteiger partial charge in [-0.25, -0.2) is 4.90 Å². The van der Waals surface area contributed by atoms with Crippen molar-refractivity contribution >= 4 is 46.3 Å². The maximum Gasteiger partial charge on any atom is 0.267 e. The lowest BCUT2D eigenvalue weighted by Crippen LogP contribution is -2.43. The molecule has 0 bridgehead atoms. The molecular formula is C20H16Cl2N2O3. The van der Waals surface area contributed by atoms with E-state index in [-0.39, 0.29) is 10.7 Å². The molecule has 0 atom stereocenters. The lowest BCUT2D eigenvalue weighted by Gasteiger charge is -2.31. The summed E-state index contributed by atoms with van der Waals surface area (Å²) in [7, 11) is 0. The SMILES string of the molecule is O=C1C(=CN2CCOCC2)c2ccccc2C(=O)N1c1cc(Cl)ccc1Cl. The van der Waals surface area contributed by atoms with Gasteiger partial charge in [0, 0.05) is 35.4 Å². The van der Waals surface area contributed by atoms with E-state index in [1.54, 1.807) is 30.3 Å². The molecule has 2 heterocycles. The predicted molar refractivity (Wildman–Crippen MR) is 105 cm³/mol. The Bertz CT molecular complexity index is 952. The van der Waals surface area contributed by atoms with Crippen LogP contribution in [0.5, 0.6) is 0 Å². The number of carbonyl (C=O) groups is 2. The van der Waals surface area contributed by atoms with Crippen molar-refractivity contribution in [3.05, 3.63) is 69.8 Å². The van der Waals surface area contributed by atoms with Crippen LogP contribution in [0, 0.1) is 0 Å². The summed E-state index contributed by atoms with van der Waals surface area (Å²) in [6.45, 7) is 2.57. The first-order chi connectivity index (χ1) is 13.1. The number of imide groups is 1. The highest BCUT2D eigenvalue weighted by atomic mass is 35.5. The second-order valence-corrected chi connectivity index (χ2v) is 7.12. The van der Waals surface area contributed by atoms with Crippen LogP contribution in [0.3, 0.4) is 0 Å². The molecule has 1 fully saturated rings. The van der Waals surface area contributed by atoms with E-state index >= 15 is 0 Å². The molecule has 0 saturated carbocycles. The van der Waals surface area contributed by atoms with E-state index in [4.69, 9.17) is 27.9 Å². The fourth-order valence-electron chi connectivity index (χ4n) is 3.24. The van der Waals surface area contributed by atoms with Crippen LogP contribution < -0.4 is 4.90 Å². The minimum Gasteiger partial charge on any atom is -0.378 e. The molecule has 2 amide bonds. The van der Waals surface area contributed by atoms with Gasteiger partial charge in [0.25, 0.3) is 11.8 Å². The minimum atomic E-state index is -0.422. The molecule has 0 aromatic heterocycles. The molecule has 0 N–H and O–H groups in total. The summed E-state index contributed by atoms with van der Waals surface area (Å²) in [5.74, 6) is -0.840. The normalized spacial score (nSPS) is 18.8. The van der Waals surface area contributed by atoms with Crippen molar-refractivity contribution in [1.82, 2.24) is 4.90 Å². The van der Waals surface area contributed by atoms with E-state index in [2.05, 4.69) is 0 Å². The fraction of sp³-hybridized carbons (Fsp3) is 0.200. The lowest BCUT2D eigenvalue weighted by atomic mass is 9.93. The third-order valence-corrected chi connectivity index (χ3v) is 5.15. The van der Waals surface area contributed by atoms with Crippen molar-refractivity contribution in [1.29, 1.82) is 0 Å². The van der Waals surface area contributed by atoms with Gasteiger partial charge in [0.05, 0.1) is 29.5 Å². The van der Waals surface area contributed by atoms with Crippen molar-refractivity contribution in [2.24, 2.45) is 0 Å². The van der Waals surface area contributed by atoms with Crippen LogP contribution in [0.25, 0.3) is 5.57 Å². The summed E-state index contributed by atoms with van der Waals surface area (Å²) < 4.78 is 5.37. The quantitative estimate of drug-likeness (QED) is 0.565. The van der Waals surface area contributed by atoms with Crippen LogP contribution in [0.4, 0.5) is 5.69 Å². The van der Waals surface area contributed by atoms with E-state index in [1.165, 1.54) is 6.07 Å².